The molecular formula is C11H15F3N2O. The third kappa shape index (κ3) is 3.98. The monoisotopic (exact) mass is 248 g/mol. The molecule has 0 amide bonds. The summed E-state index contributed by atoms with van der Waals surface area (Å²) >= 11 is 0. The predicted octanol–water partition coefficient (Wildman–Crippen LogP) is 2.44. The quantitative estimate of drug-likeness (QED) is 0.890. The number of halogens is 3. The van der Waals surface area contributed by atoms with Crippen molar-refractivity contribution in [1.82, 2.24) is 4.98 Å². The molecule has 2 N–H and O–H groups in total. The first-order valence-electron chi connectivity index (χ1n) is 5.20. The van der Waals surface area contributed by atoms with Gasteiger partial charge >= 0.3 is 6.18 Å². The molecule has 0 aliphatic carbocycles. The Bertz CT molecular complexity index is 340. The molecule has 96 valence electrons. The Balaban J connectivity index is 2.82. The molecule has 0 aliphatic heterocycles. The molecule has 1 rings (SSSR count). The topological polar surface area (TPSA) is 48.1 Å². The van der Waals surface area contributed by atoms with Gasteiger partial charge in [-0.25, -0.2) is 0 Å². The fraction of sp³-hybridized carbons (Fsp3) is 0.545. The molecule has 0 fully saturated rings. The van der Waals surface area contributed by atoms with Crippen LogP contribution in [0.25, 0.3) is 0 Å². The van der Waals surface area contributed by atoms with Gasteiger partial charge in [0.25, 0.3) is 0 Å². The molecule has 3 unspecified atom stereocenters. The van der Waals surface area contributed by atoms with E-state index in [1.165, 1.54) is 12.4 Å². The second kappa shape index (κ2) is 5.46. The molecule has 3 nitrogen and oxygen atoms in total. The van der Waals surface area contributed by atoms with Crippen LogP contribution in [0.15, 0.2) is 24.5 Å². The smallest absolute Gasteiger partial charge is 0.360 e. The van der Waals surface area contributed by atoms with Gasteiger partial charge in [0, 0.05) is 18.4 Å². The van der Waals surface area contributed by atoms with E-state index in [0.717, 1.165) is 6.92 Å². The third-order valence-electron chi connectivity index (χ3n) is 2.32. The number of hydrogen-bond donors (Lipinski definition) is 1. The van der Waals surface area contributed by atoms with Crippen LogP contribution in [0.4, 0.5) is 13.2 Å². The number of nitrogens with two attached hydrogens (primary N) is 1. The van der Waals surface area contributed by atoms with Crippen LogP contribution < -0.4 is 5.73 Å². The van der Waals surface area contributed by atoms with Gasteiger partial charge < -0.3 is 10.5 Å². The number of nitrogens with zero attached hydrogens (tertiary/aromatic N) is 1. The predicted molar refractivity (Wildman–Crippen MR) is 57.2 cm³/mol. The lowest BCUT2D eigenvalue weighted by Crippen LogP contribution is -2.35. The summed E-state index contributed by atoms with van der Waals surface area (Å²) in [6.45, 7) is 2.57. The zero-order valence-corrected chi connectivity index (χ0v) is 9.61. The van der Waals surface area contributed by atoms with Gasteiger partial charge in [-0.1, -0.05) is 0 Å². The molecule has 3 atom stereocenters. The van der Waals surface area contributed by atoms with Crippen molar-refractivity contribution in [3.8, 4) is 0 Å². The normalized spacial score (nSPS) is 17.5. The lowest BCUT2D eigenvalue weighted by Gasteiger charge is -2.26. The van der Waals surface area contributed by atoms with Gasteiger partial charge in [-0.2, -0.15) is 13.2 Å². The third-order valence-corrected chi connectivity index (χ3v) is 2.32. The number of ether oxygens (including phenoxy) is 1. The molecule has 0 aliphatic rings. The first-order chi connectivity index (χ1) is 7.82. The Morgan fingerprint density at radius 3 is 2.18 bits per heavy atom. The Hall–Kier alpha value is -1.14. The van der Waals surface area contributed by atoms with E-state index < -0.39 is 24.4 Å². The maximum atomic E-state index is 12.4. The molecule has 0 spiro atoms. The second-order valence-corrected chi connectivity index (χ2v) is 3.88. The van der Waals surface area contributed by atoms with E-state index in [1.54, 1.807) is 19.1 Å². The summed E-state index contributed by atoms with van der Waals surface area (Å²) < 4.78 is 42.2. The highest BCUT2D eigenvalue weighted by atomic mass is 19.4. The van der Waals surface area contributed by atoms with Gasteiger partial charge in [-0.05, 0) is 31.5 Å². The summed E-state index contributed by atoms with van der Waals surface area (Å²) in [6.07, 6.45) is -4.06. The van der Waals surface area contributed by atoms with E-state index in [1.807, 2.05) is 0 Å². The van der Waals surface area contributed by atoms with E-state index in [0.29, 0.717) is 5.56 Å². The van der Waals surface area contributed by atoms with E-state index in [4.69, 9.17) is 10.5 Å². The zero-order valence-electron chi connectivity index (χ0n) is 9.61. The lowest BCUT2D eigenvalue weighted by molar-refractivity contribution is -0.229. The highest BCUT2D eigenvalue weighted by molar-refractivity contribution is 5.15. The molecule has 0 aromatic carbocycles. The van der Waals surface area contributed by atoms with Crippen molar-refractivity contribution in [2.45, 2.75) is 38.3 Å². The number of aromatic nitrogens is 1. The standard InChI is InChI=1S/C11H15F3N2O/c1-7(15)10(9-3-5-16-6-4-9)17-8(2)11(12,13)14/h3-8,10H,15H2,1-2H3. The van der Waals surface area contributed by atoms with E-state index in [9.17, 15) is 13.2 Å². The van der Waals surface area contributed by atoms with Crippen LogP contribution in [-0.2, 0) is 4.74 Å². The molecule has 0 bridgehead atoms. The summed E-state index contributed by atoms with van der Waals surface area (Å²) in [7, 11) is 0. The fourth-order valence-corrected chi connectivity index (χ4v) is 1.36. The summed E-state index contributed by atoms with van der Waals surface area (Å²) in [5.41, 5.74) is 6.24. The maximum Gasteiger partial charge on any atom is 0.414 e. The number of hydrogen-bond acceptors (Lipinski definition) is 3. The van der Waals surface area contributed by atoms with Crippen LogP contribution in [0.2, 0.25) is 0 Å². The van der Waals surface area contributed by atoms with Gasteiger partial charge in [0.1, 0.15) is 0 Å². The Labute approximate surface area is 97.8 Å². The van der Waals surface area contributed by atoms with Crippen LogP contribution in [0.3, 0.4) is 0 Å². The van der Waals surface area contributed by atoms with Crippen molar-refractivity contribution < 1.29 is 17.9 Å². The first kappa shape index (κ1) is 13.9. The molecule has 1 aromatic heterocycles. The average Bonchev–Trinajstić information content (AvgIpc) is 2.25. The molecule has 0 radical (unpaired) electrons. The zero-order chi connectivity index (χ0) is 13.1. The summed E-state index contributed by atoms with van der Waals surface area (Å²) in [5.74, 6) is 0. The minimum absolute atomic E-state index is 0.540. The minimum Gasteiger partial charge on any atom is -0.360 e. The molecule has 0 saturated carbocycles. The molecule has 17 heavy (non-hydrogen) atoms. The van der Waals surface area contributed by atoms with E-state index in [2.05, 4.69) is 4.98 Å². The van der Waals surface area contributed by atoms with Crippen molar-refractivity contribution >= 4 is 0 Å². The van der Waals surface area contributed by atoms with Crippen LogP contribution >= 0.6 is 0 Å². The van der Waals surface area contributed by atoms with Crippen LogP contribution in [0, 0.1) is 0 Å². The van der Waals surface area contributed by atoms with Gasteiger partial charge in [0.15, 0.2) is 6.10 Å². The lowest BCUT2D eigenvalue weighted by atomic mass is 10.1. The average molecular weight is 248 g/mol. The van der Waals surface area contributed by atoms with Gasteiger partial charge in [0.2, 0.25) is 0 Å². The van der Waals surface area contributed by atoms with Crippen molar-refractivity contribution in [3.05, 3.63) is 30.1 Å². The van der Waals surface area contributed by atoms with Gasteiger partial charge in [0.05, 0.1) is 6.10 Å². The Morgan fingerprint density at radius 2 is 1.76 bits per heavy atom. The van der Waals surface area contributed by atoms with Gasteiger partial charge in [-0.3, -0.25) is 4.98 Å². The first-order valence-corrected chi connectivity index (χ1v) is 5.20. The van der Waals surface area contributed by atoms with Crippen LogP contribution in [-0.4, -0.2) is 23.3 Å². The van der Waals surface area contributed by atoms with E-state index >= 15 is 0 Å². The minimum atomic E-state index is -4.39. The highest BCUT2D eigenvalue weighted by Gasteiger charge is 2.39. The summed E-state index contributed by atoms with van der Waals surface area (Å²) in [5, 5.41) is 0. The SMILES string of the molecule is CC(N)C(OC(C)C(F)(F)F)c1ccncc1. The molecule has 1 heterocycles. The maximum absolute atomic E-state index is 12.4. The largest absolute Gasteiger partial charge is 0.414 e. The number of rotatable bonds is 4. The number of alkyl halides is 3. The van der Waals surface area contributed by atoms with Crippen LogP contribution in [0.1, 0.15) is 25.5 Å². The van der Waals surface area contributed by atoms with Crippen molar-refractivity contribution in [3.63, 3.8) is 0 Å². The fourth-order valence-electron chi connectivity index (χ4n) is 1.36. The van der Waals surface area contributed by atoms with Crippen LogP contribution in [0.5, 0.6) is 0 Å². The van der Waals surface area contributed by atoms with Crippen molar-refractivity contribution in [2.75, 3.05) is 0 Å². The molecule has 1 aromatic rings. The summed E-state index contributed by atoms with van der Waals surface area (Å²) in [4.78, 5) is 3.80. The second-order valence-electron chi connectivity index (χ2n) is 3.88. The summed E-state index contributed by atoms with van der Waals surface area (Å²) in [6, 6.07) is 2.65. The Kier molecular flexibility index (Phi) is 4.47. The van der Waals surface area contributed by atoms with Gasteiger partial charge in [-0.15, -0.1) is 0 Å². The molecule has 0 saturated heterocycles. The van der Waals surface area contributed by atoms with Crippen molar-refractivity contribution in [2.24, 2.45) is 5.73 Å². The number of pyridine rings is 1. The highest BCUT2D eigenvalue weighted by Crippen LogP contribution is 2.29. The molecule has 6 heteroatoms. The Morgan fingerprint density at radius 1 is 1.24 bits per heavy atom. The molecular weight excluding hydrogens is 233 g/mol. The van der Waals surface area contributed by atoms with E-state index in [-0.39, 0.29) is 0 Å². The van der Waals surface area contributed by atoms with Crippen molar-refractivity contribution in [1.29, 1.82) is 0 Å².